The van der Waals surface area contributed by atoms with E-state index in [-0.39, 0.29) is 17.1 Å². The van der Waals surface area contributed by atoms with E-state index in [1.54, 1.807) is 24.3 Å². The molecule has 1 aromatic heterocycles. The van der Waals surface area contributed by atoms with Gasteiger partial charge in [0.1, 0.15) is 0 Å². The molecule has 2 aromatic carbocycles. The summed E-state index contributed by atoms with van der Waals surface area (Å²) in [4.78, 5) is 24.5. The fourth-order valence-electron chi connectivity index (χ4n) is 3.73. The van der Waals surface area contributed by atoms with E-state index in [0.29, 0.717) is 37.2 Å². The molecule has 0 amide bonds. The topological polar surface area (TPSA) is 98.8 Å². The minimum atomic E-state index is -3.62. The number of hydrogen-bond acceptors (Lipinski definition) is 6. The highest BCUT2D eigenvalue weighted by atomic mass is 32.2. The molecule has 8 nitrogen and oxygen atoms in total. The van der Waals surface area contributed by atoms with Gasteiger partial charge in [-0.3, -0.25) is 4.57 Å². The quantitative estimate of drug-likeness (QED) is 0.410. The number of piperidine rings is 1. The number of hydrogen-bond donors (Lipinski definition) is 0. The molecule has 0 aliphatic carbocycles. The number of rotatable bonds is 7. The van der Waals surface area contributed by atoms with Crippen molar-refractivity contribution in [2.75, 3.05) is 19.7 Å². The summed E-state index contributed by atoms with van der Waals surface area (Å²) in [5.74, 6) is -1.05. The summed E-state index contributed by atoms with van der Waals surface area (Å²) in [5, 5.41) is 0. The highest BCUT2D eigenvalue weighted by Gasteiger charge is 2.26. The molecule has 1 fully saturated rings. The van der Waals surface area contributed by atoms with Crippen LogP contribution in [-0.4, -0.2) is 43.0 Å². The second-order valence-corrected chi connectivity index (χ2v) is 9.41. The molecule has 2 heterocycles. The van der Waals surface area contributed by atoms with Crippen LogP contribution >= 0.6 is 0 Å². The lowest BCUT2D eigenvalue weighted by Crippen LogP contribution is -2.35. The molecule has 1 aliphatic rings. The minimum absolute atomic E-state index is 0.0912. The average molecular weight is 445 g/mol. The summed E-state index contributed by atoms with van der Waals surface area (Å²) < 4.78 is 39.1. The van der Waals surface area contributed by atoms with Gasteiger partial charge in [-0.1, -0.05) is 24.6 Å². The van der Waals surface area contributed by atoms with Gasteiger partial charge >= 0.3 is 11.7 Å². The maximum absolute atomic E-state index is 12.8. The van der Waals surface area contributed by atoms with Crippen LogP contribution in [0, 0.1) is 0 Å². The first-order valence-electron chi connectivity index (χ1n) is 10.3. The number of sulfonamides is 1. The molecule has 0 unspecified atom stereocenters. The van der Waals surface area contributed by atoms with Gasteiger partial charge in [0.25, 0.3) is 0 Å². The third kappa shape index (κ3) is 4.57. The maximum atomic E-state index is 12.8. The largest absolute Gasteiger partial charge is 0.462 e. The summed E-state index contributed by atoms with van der Waals surface area (Å²) in [6, 6.07) is 13.1. The Morgan fingerprint density at radius 1 is 1.03 bits per heavy atom. The van der Waals surface area contributed by atoms with E-state index >= 15 is 0 Å². The van der Waals surface area contributed by atoms with Crippen molar-refractivity contribution < 1.29 is 22.4 Å². The van der Waals surface area contributed by atoms with Crippen LogP contribution in [0.5, 0.6) is 0 Å². The van der Waals surface area contributed by atoms with E-state index in [1.807, 2.05) is 6.07 Å². The lowest BCUT2D eigenvalue weighted by molar-refractivity contribution is 0.0495. The first-order valence-corrected chi connectivity index (χ1v) is 11.8. The van der Waals surface area contributed by atoms with Crippen molar-refractivity contribution in [3.8, 4) is 0 Å². The molecular weight excluding hydrogens is 420 g/mol. The van der Waals surface area contributed by atoms with Crippen LogP contribution in [0.15, 0.2) is 62.6 Å². The van der Waals surface area contributed by atoms with Gasteiger partial charge in [-0.25, -0.2) is 18.0 Å². The van der Waals surface area contributed by atoms with E-state index in [9.17, 15) is 18.0 Å². The van der Waals surface area contributed by atoms with Crippen LogP contribution in [0.25, 0.3) is 11.1 Å². The van der Waals surface area contributed by atoms with E-state index in [1.165, 1.54) is 27.1 Å². The Morgan fingerprint density at radius 3 is 2.61 bits per heavy atom. The summed E-state index contributed by atoms with van der Waals surface area (Å²) in [6.45, 7) is 1.43. The third-order valence-electron chi connectivity index (χ3n) is 5.36. The number of fused-ring (bicyclic) bond motifs is 1. The molecule has 9 heteroatoms. The number of benzene rings is 2. The predicted molar refractivity (Wildman–Crippen MR) is 114 cm³/mol. The Hall–Kier alpha value is -2.91. The molecular formula is C22H24N2O6S. The van der Waals surface area contributed by atoms with Gasteiger partial charge in [-0.2, -0.15) is 4.31 Å². The van der Waals surface area contributed by atoms with Crippen LogP contribution in [0.3, 0.4) is 0 Å². The number of oxazole rings is 1. The van der Waals surface area contributed by atoms with Gasteiger partial charge in [0.15, 0.2) is 5.58 Å². The zero-order valence-corrected chi connectivity index (χ0v) is 17.8. The lowest BCUT2D eigenvalue weighted by Gasteiger charge is -2.25. The summed E-state index contributed by atoms with van der Waals surface area (Å²) in [6.07, 6.45) is 3.13. The molecule has 0 bridgehead atoms. The van der Waals surface area contributed by atoms with Crippen LogP contribution in [0.2, 0.25) is 0 Å². The number of ether oxygens (including phenoxy) is 1. The number of carbonyl (C=O) groups excluding carboxylic acids is 1. The molecule has 1 saturated heterocycles. The van der Waals surface area contributed by atoms with Crippen molar-refractivity contribution in [3.63, 3.8) is 0 Å². The van der Waals surface area contributed by atoms with Crippen molar-refractivity contribution in [3.05, 3.63) is 64.6 Å². The first kappa shape index (κ1) is 21.3. The zero-order valence-electron chi connectivity index (χ0n) is 17.0. The molecule has 164 valence electrons. The highest BCUT2D eigenvalue weighted by Crippen LogP contribution is 2.21. The highest BCUT2D eigenvalue weighted by molar-refractivity contribution is 7.89. The van der Waals surface area contributed by atoms with Crippen LogP contribution in [-0.2, 0) is 21.3 Å². The number of nitrogens with zero attached hydrogens (tertiary/aromatic N) is 2. The Bertz CT molecular complexity index is 1240. The molecule has 0 radical (unpaired) electrons. The van der Waals surface area contributed by atoms with Crippen LogP contribution in [0.1, 0.15) is 36.0 Å². The molecule has 0 saturated carbocycles. The Labute approximate surface area is 180 Å². The molecule has 0 atom stereocenters. The van der Waals surface area contributed by atoms with Gasteiger partial charge < -0.3 is 9.15 Å². The first-order chi connectivity index (χ1) is 15.0. The fraction of sp³-hybridized carbons (Fsp3) is 0.364. The van der Waals surface area contributed by atoms with Crippen LogP contribution < -0.4 is 5.76 Å². The second-order valence-electron chi connectivity index (χ2n) is 7.47. The Kier molecular flexibility index (Phi) is 6.24. The molecule has 1 aliphatic heterocycles. The standard InChI is InChI=1S/C22H24N2O6S/c25-21(29-15-7-14-24-19-10-2-3-11-20(19)30-22(24)26)17-8-6-9-18(16-17)31(27,28)23-12-4-1-5-13-23/h2-3,6,8-11,16H,1,4-5,7,12-15H2. The number of carbonyl (C=O) groups is 1. The average Bonchev–Trinajstić information content (AvgIpc) is 3.12. The smallest absolute Gasteiger partial charge is 0.419 e. The number of esters is 1. The van der Waals surface area contributed by atoms with Crippen LogP contribution in [0.4, 0.5) is 0 Å². The predicted octanol–water partition coefficient (Wildman–Crippen LogP) is 3.02. The summed E-state index contributed by atoms with van der Waals surface area (Å²) in [5.41, 5.74) is 1.38. The molecule has 0 N–H and O–H groups in total. The normalized spacial score (nSPS) is 15.2. The summed E-state index contributed by atoms with van der Waals surface area (Å²) >= 11 is 0. The number of aromatic nitrogens is 1. The SMILES string of the molecule is O=C(OCCCn1c(=O)oc2ccccc21)c1cccc(S(=O)(=O)N2CCCCC2)c1. The van der Waals surface area contributed by atoms with Crippen molar-refractivity contribution in [2.45, 2.75) is 37.1 Å². The molecule has 31 heavy (non-hydrogen) atoms. The van der Waals surface area contributed by atoms with Crippen molar-refractivity contribution >= 4 is 27.1 Å². The fourth-order valence-corrected chi connectivity index (χ4v) is 5.30. The minimum Gasteiger partial charge on any atom is -0.462 e. The van der Waals surface area contributed by atoms with Crippen molar-refractivity contribution in [1.29, 1.82) is 0 Å². The van der Waals surface area contributed by atoms with Gasteiger partial charge in [-0.15, -0.1) is 0 Å². The van der Waals surface area contributed by atoms with E-state index in [2.05, 4.69) is 0 Å². The van der Waals surface area contributed by atoms with Gasteiger partial charge in [0.2, 0.25) is 10.0 Å². The van der Waals surface area contributed by atoms with Crippen molar-refractivity contribution in [1.82, 2.24) is 8.87 Å². The van der Waals surface area contributed by atoms with E-state index in [0.717, 1.165) is 19.3 Å². The lowest BCUT2D eigenvalue weighted by atomic mass is 10.2. The second kappa shape index (κ2) is 9.07. The Morgan fingerprint density at radius 2 is 1.81 bits per heavy atom. The van der Waals surface area contributed by atoms with Crippen molar-refractivity contribution in [2.24, 2.45) is 0 Å². The summed E-state index contributed by atoms with van der Waals surface area (Å²) in [7, 11) is -3.62. The number of aryl methyl sites for hydroxylation is 1. The van der Waals surface area contributed by atoms with Gasteiger partial charge in [0.05, 0.1) is 22.6 Å². The zero-order chi connectivity index (χ0) is 21.8. The van der Waals surface area contributed by atoms with E-state index in [4.69, 9.17) is 9.15 Å². The molecule has 0 spiro atoms. The number of para-hydroxylation sites is 2. The van der Waals surface area contributed by atoms with Gasteiger partial charge in [0, 0.05) is 19.6 Å². The van der Waals surface area contributed by atoms with Gasteiger partial charge in [-0.05, 0) is 49.6 Å². The molecule has 4 rings (SSSR count). The molecule has 3 aromatic rings. The monoisotopic (exact) mass is 444 g/mol. The van der Waals surface area contributed by atoms with E-state index < -0.39 is 21.7 Å². The maximum Gasteiger partial charge on any atom is 0.419 e. The third-order valence-corrected chi connectivity index (χ3v) is 7.25. The Balaban J connectivity index is 1.37.